The predicted molar refractivity (Wildman–Crippen MR) is 113 cm³/mol. The monoisotopic (exact) mass is 461 g/mol. The van der Waals surface area contributed by atoms with Crippen LogP contribution >= 0.6 is 27.5 Å². The average molecular weight is 463 g/mol. The SMILES string of the molecule is Cc1cc(OCC(=O)Nc2ccc(Br)cc2Cl)c2c3c(c(=O)oc2c1)CCC3. The van der Waals surface area contributed by atoms with Gasteiger partial charge in [0.2, 0.25) is 0 Å². The standard InChI is InChI=1S/C21H17BrClNO4/c1-11-7-17(20-13-3-2-4-14(13)21(26)28-18(20)8-11)27-10-19(25)24-16-6-5-12(22)9-15(16)23/h5-9H,2-4,10H2,1H3,(H,24,25). The van der Waals surface area contributed by atoms with E-state index in [1.807, 2.05) is 19.1 Å². The van der Waals surface area contributed by atoms with Crippen LogP contribution in [0.25, 0.3) is 11.0 Å². The molecule has 0 atom stereocenters. The number of anilines is 1. The smallest absolute Gasteiger partial charge is 0.339 e. The summed E-state index contributed by atoms with van der Waals surface area (Å²) < 4.78 is 12.2. The number of benzene rings is 2. The molecule has 0 spiro atoms. The third-order valence-corrected chi connectivity index (χ3v) is 5.55. The molecule has 5 nitrogen and oxygen atoms in total. The summed E-state index contributed by atoms with van der Waals surface area (Å²) in [5, 5.41) is 3.96. The molecular formula is C21H17BrClNO4. The molecule has 144 valence electrons. The molecule has 0 aliphatic heterocycles. The third-order valence-electron chi connectivity index (χ3n) is 4.74. The molecular weight excluding hydrogens is 446 g/mol. The Morgan fingerprint density at radius 2 is 2.04 bits per heavy atom. The predicted octanol–water partition coefficient (Wildman–Crippen LogP) is 5.02. The molecule has 1 aromatic heterocycles. The van der Waals surface area contributed by atoms with Gasteiger partial charge in [-0.1, -0.05) is 27.5 Å². The van der Waals surface area contributed by atoms with Crippen molar-refractivity contribution in [3.8, 4) is 5.75 Å². The summed E-state index contributed by atoms with van der Waals surface area (Å²) >= 11 is 9.47. The van der Waals surface area contributed by atoms with Gasteiger partial charge in [0, 0.05) is 10.0 Å². The number of ether oxygens (including phenoxy) is 1. The number of aryl methyl sites for hydroxylation is 2. The number of nitrogens with one attached hydrogen (secondary N) is 1. The molecule has 0 fully saturated rings. The maximum atomic E-state index is 12.4. The van der Waals surface area contributed by atoms with Crippen LogP contribution in [0.5, 0.6) is 5.75 Å². The minimum absolute atomic E-state index is 0.182. The largest absolute Gasteiger partial charge is 0.483 e. The van der Waals surface area contributed by atoms with Crippen molar-refractivity contribution in [2.75, 3.05) is 11.9 Å². The van der Waals surface area contributed by atoms with E-state index in [0.29, 0.717) is 34.0 Å². The second-order valence-electron chi connectivity index (χ2n) is 6.80. The molecule has 0 bridgehead atoms. The highest BCUT2D eigenvalue weighted by Gasteiger charge is 2.22. The van der Waals surface area contributed by atoms with Crippen LogP contribution in [-0.2, 0) is 17.6 Å². The number of rotatable bonds is 4. The summed E-state index contributed by atoms with van der Waals surface area (Å²) in [5.41, 5.74) is 3.31. The summed E-state index contributed by atoms with van der Waals surface area (Å²) in [6.45, 7) is 1.71. The number of carbonyl (C=O) groups is 1. The Morgan fingerprint density at radius 3 is 2.82 bits per heavy atom. The number of amides is 1. The molecule has 1 N–H and O–H groups in total. The fraction of sp³-hybridized carbons (Fsp3) is 0.238. The van der Waals surface area contributed by atoms with Gasteiger partial charge in [0.25, 0.3) is 5.91 Å². The molecule has 2 aromatic carbocycles. The minimum Gasteiger partial charge on any atom is -0.483 e. The molecule has 28 heavy (non-hydrogen) atoms. The Hall–Kier alpha value is -2.31. The zero-order chi connectivity index (χ0) is 19.8. The van der Waals surface area contributed by atoms with Crippen molar-refractivity contribution in [1.82, 2.24) is 0 Å². The highest BCUT2D eigenvalue weighted by atomic mass is 79.9. The van der Waals surface area contributed by atoms with Crippen molar-refractivity contribution in [3.63, 3.8) is 0 Å². The van der Waals surface area contributed by atoms with E-state index in [4.69, 9.17) is 20.8 Å². The van der Waals surface area contributed by atoms with Crippen molar-refractivity contribution in [2.24, 2.45) is 0 Å². The Bertz CT molecular complexity index is 1160. The Morgan fingerprint density at radius 1 is 1.25 bits per heavy atom. The first-order valence-electron chi connectivity index (χ1n) is 8.89. The van der Waals surface area contributed by atoms with Gasteiger partial charge in [0.05, 0.1) is 16.1 Å². The number of hydrogen-bond acceptors (Lipinski definition) is 4. The van der Waals surface area contributed by atoms with Crippen molar-refractivity contribution in [2.45, 2.75) is 26.2 Å². The van der Waals surface area contributed by atoms with Gasteiger partial charge in [-0.2, -0.15) is 0 Å². The Balaban J connectivity index is 1.60. The Labute approximate surface area is 174 Å². The van der Waals surface area contributed by atoms with E-state index >= 15 is 0 Å². The number of fused-ring (bicyclic) bond motifs is 3. The lowest BCUT2D eigenvalue weighted by Crippen LogP contribution is -2.20. The maximum Gasteiger partial charge on any atom is 0.339 e. The Kier molecular flexibility index (Phi) is 5.17. The van der Waals surface area contributed by atoms with Crippen LogP contribution in [0.3, 0.4) is 0 Å². The molecule has 1 aliphatic carbocycles. The van der Waals surface area contributed by atoms with Gasteiger partial charge in [-0.3, -0.25) is 4.79 Å². The first kappa shape index (κ1) is 19.0. The van der Waals surface area contributed by atoms with Gasteiger partial charge in [0.15, 0.2) is 6.61 Å². The van der Waals surface area contributed by atoms with Crippen LogP contribution in [0.1, 0.15) is 23.1 Å². The first-order chi connectivity index (χ1) is 13.4. The summed E-state index contributed by atoms with van der Waals surface area (Å²) in [7, 11) is 0. The van der Waals surface area contributed by atoms with E-state index < -0.39 is 0 Å². The zero-order valence-corrected chi connectivity index (χ0v) is 17.4. The summed E-state index contributed by atoms with van der Waals surface area (Å²) in [4.78, 5) is 24.5. The van der Waals surface area contributed by atoms with E-state index in [9.17, 15) is 9.59 Å². The lowest BCUT2D eigenvalue weighted by atomic mass is 10.0. The van der Waals surface area contributed by atoms with Crippen molar-refractivity contribution >= 4 is 50.1 Å². The van der Waals surface area contributed by atoms with E-state index in [0.717, 1.165) is 33.8 Å². The maximum absolute atomic E-state index is 12.4. The molecule has 3 aromatic rings. The van der Waals surface area contributed by atoms with Gasteiger partial charge in [-0.25, -0.2) is 4.79 Å². The van der Waals surface area contributed by atoms with E-state index in [2.05, 4.69) is 21.2 Å². The van der Waals surface area contributed by atoms with Crippen molar-refractivity contribution in [1.29, 1.82) is 0 Å². The average Bonchev–Trinajstić information content (AvgIpc) is 3.12. The third kappa shape index (κ3) is 3.66. The van der Waals surface area contributed by atoms with Gasteiger partial charge in [-0.15, -0.1) is 0 Å². The second kappa shape index (κ2) is 7.60. The number of hydrogen-bond donors (Lipinski definition) is 1. The first-order valence-corrected chi connectivity index (χ1v) is 10.1. The number of halogens is 2. The highest BCUT2D eigenvalue weighted by molar-refractivity contribution is 9.10. The molecule has 0 saturated heterocycles. The highest BCUT2D eigenvalue weighted by Crippen LogP contribution is 2.35. The molecule has 1 amide bonds. The molecule has 4 rings (SSSR count). The summed E-state index contributed by atoms with van der Waals surface area (Å²) in [5.74, 6) is 0.224. The summed E-state index contributed by atoms with van der Waals surface area (Å²) in [6.07, 6.45) is 2.43. The van der Waals surface area contributed by atoms with Gasteiger partial charge < -0.3 is 14.5 Å². The van der Waals surface area contributed by atoms with Crippen LogP contribution in [0.4, 0.5) is 5.69 Å². The molecule has 0 unspecified atom stereocenters. The molecule has 1 heterocycles. The second-order valence-corrected chi connectivity index (χ2v) is 8.12. The normalized spacial score (nSPS) is 12.8. The zero-order valence-electron chi connectivity index (χ0n) is 15.1. The van der Waals surface area contributed by atoms with Gasteiger partial charge >= 0.3 is 5.63 Å². The number of carbonyl (C=O) groups excluding carboxylic acids is 1. The van der Waals surface area contributed by atoms with E-state index in [1.54, 1.807) is 18.2 Å². The quantitative estimate of drug-likeness (QED) is 0.553. The van der Waals surface area contributed by atoms with Gasteiger partial charge in [0.1, 0.15) is 11.3 Å². The fourth-order valence-electron chi connectivity index (χ4n) is 3.54. The van der Waals surface area contributed by atoms with Crippen LogP contribution in [0, 0.1) is 6.92 Å². The topological polar surface area (TPSA) is 68.5 Å². The summed E-state index contributed by atoms with van der Waals surface area (Å²) in [6, 6.07) is 8.90. The van der Waals surface area contributed by atoms with Crippen LogP contribution in [-0.4, -0.2) is 12.5 Å². The fourth-order valence-corrected chi connectivity index (χ4v) is 4.26. The lowest BCUT2D eigenvalue weighted by molar-refractivity contribution is -0.118. The van der Waals surface area contributed by atoms with Crippen molar-refractivity contribution < 1.29 is 13.9 Å². The van der Waals surface area contributed by atoms with Crippen LogP contribution in [0.2, 0.25) is 5.02 Å². The van der Waals surface area contributed by atoms with Crippen LogP contribution < -0.4 is 15.7 Å². The van der Waals surface area contributed by atoms with E-state index in [-0.39, 0.29) is 18.1 Å². The lowest BCUT2D eigenvalue weighted by Gasteiger charge is -2.13. The minimum atomic E-state index is -0.326. The van der Waals surface area contributed by atoms with Crippen molar-refractivity contribution in [3.05, 3.63) is 66.9 Å². The molecule has 7 heteroatoms. The molecule has 0 saturated carbocycles. The van der Waals surface area contributed by atoms with Gasteiger partial charge in [-0.05, 0) is 67.6 Å². The van der Waals surface area contributed by atoms with Crippen LogP contribution in [0.15, 0.2) is 44.0 Å². The van der Waals surface area contributed by atoms with E-state index in [1.165, 1.54) is 0 Å². The molecule has 1 aliphatic rings. The molecule has 0 radical (unpaired) electrons.